The monoisotopic (exact) mass is 267 g/mol. The van der Waals surface area contributed by atoms with Crippen molar-refractivity contribution in [3.63, 3.8) is 0 Å². The third-order valence-electron chi connectivity index (χ3n) is 3.11. The molecule has 0 saturated carbocycles. The fourth-order valence-corrected chi connectivity index (χ4v) is 2.59. The summed E-state index contributed by atoms with van der Waals surface area (Å²) in [4.78, 5) is 6.77. The lowest BCUT2D eigenvalue weighted by molar-refractivity contribution is 0.708. The van der Waals surface area contributed by atoms with E-state index in [2.05, 4.69) is 48.4 Å². The molecule has 0 radical (unpaired) electrons. The SMILES string of the molecule is CCNCc1cnc(C)cc1N(C)C(C)CSC. The Kier molecular flexibility index (Phi) is 6.50. The average molecular weight is 267 g/mol. The predicted molar refractivity (Wildman–Crippen MR) is 82.6 cm³/mol. The highest BCUT2D eigenvalue weighted by Crippen LogP contribution is 2.22. The van der Waals surface area contributed by atoms with Crippen LogP contribution in [0.5, 0.6) is 0 Å². The van der Waals surface area contributed by atoms with Crippen molar-refractivity contribution in [1.82, 2.24) is 10.3 Å². The second kappa shape index (κ2) is 7.64. The minimum Gasteiger partial charge on any atom is -0.371 e. The van der Waals surface area contributed by atoms with Gasteiger partial charge in [0.05, 0.1) is 0 Å². The van der Waals surface area contributed by atoms with Gasteiger partial charge in [-0.2, -0.15) is 11.8 Å². The molecule has 0 spiro atoms. The number of nitrogens with one attached hydrogen (secondary N) is 1. The van der Waals surface area contributed by atoms with Gasteiger partial charge in [-0.05, 0) is 32.7 Å². The Morgan fingerprint density at radius 2 is 2.22 bits per heavy atom. The Morgan fingerprint density at radius 3 is 2.83 bits per heavy atom. The molecule has 1 rings (SSSR count). The van der Waals surface area contributed by atoms with Crippen LogP contribution in [0.15, 0.2) is 12.3 Å². The lowest BCUT2D eigenvalue weighted by atomic mass is 10.1. The molecule has 0 bridgehead atoms. The summed E-state index contributed by atoms with van der Waals surface area (Å²) in [6.07, 6.45) is 4.15. The third-order valence-corrected chi connectivity index (χ3v) is 3.93. The second-order valence-corrected chi connectivity index (χ2v) is 5.56. The highest BCUT2D eigenvalue weighted by Gasteiger charge is 2.13. The van der Waals surface area contributed by atoms with Crippen LogP contribution in [0.1, 0.15) is 25.1 Å². The Bertz CT molecular complexity index is 368. The summed E-state index contributed by atoms with van der Waals surface area (Å²) in [5.41, 5.74) is 3.65. The van der Waals surface area contributed by atoms with Crippen LogP contribution < -0.4 is 10.2 Å². The molecule has 1 atom stereocenters. The summed E-state index contributed by atoms with van der Waals surface area (Å²) < 4.78 is 0. The fourth-order valence-electron chi connectivity index (χ4n) is 1.89. The number of aryl methyl sites for hydroxylation is 1. The molecule has 0 aliphatic heterocycles. The number of pyridine rings is 1. The number of hydrogen-bond acceptors (Lipinski definition) is 4. The van der Waals surface area contributed by atoms with E-state index in [1.807, 2.05) is 24.9 Å². The molecule has 0 aliphatic carbocycles. The van der Waals surface area contributed by atoms with Crippen LogP contribution in [0.2, 0.25) is 0 Å². The van der Waals surface area contributed by atoms with E-state index in [0.29, 0.717) is 6.04 Å². The van der Waals surface area contributed by atoms with E-state index in [0.717, 1.165) is 24.5 Å². The number of nitrogens with zero attached hydrogens (tertiary/aromatic N) is 2. The zero-order chi connectivity index (χ0) is 13.5. The maximum absolute atomic E-state index is 4.41. The van der Waals surface area contributed by atoms with E-state index in [1.54, 1.807) is 0 Å². The van der Waals surface area contributed by atoms with Gasteiger partial charge >= 0.3 is 0 Å². The first-order valence-corrected chi connectivity index (χ1v) is 7.87. The maximum Gasteiger partial charge on any atom is 0.0445 e. The van der Waals surface area contributed by atoms with Crippen LogP contribution in [0.25, 0.3) is 0 Å². The van der Waals surface area contributed by atoms with E-state index in [9.17, 15) is 0 Å². The molecule has 1 heterocycles. The molecule has 3 nitrogen and oxygen atoms in total. The summed E-state index contributed by atoms with van der Waals surface area (Å²) in [7, 11) is 2.17. The molecule has 0 saturated heterocycles. The molecule has 18 heavy (non-hydrogen) atoms. The molecule has 4 heteroatoms. The quantitative estimate of drug-likeness (QED) is 0.822. The van der Waals surface area contributed by atoms with Crippen LogP contribution in [0, 0.1) is 6.92 Å². The van der Waals surface area contributed by atoms with Gasteiger partial charge in [0.2, 0.25) is 0 Å². The van der Waals surface area contributed by atoms with Crippen LogP contribution in [-0.2, 0) is 6.54 Å². The Hall–Kier alpha value is -0.740. The number of aromatic nitrogens is 1. The van der Waals surface area contributed by atoms with Crippen molar-refractivity contribution in [3.8, 4) is 0 Å². The molecule has 1 aromatic heterocycles. The van der Waals surface area contributed by atoms with Crippen molar-refractivity contribution in [2.24, 2.45) is 0 Å². The van der Waals surface area contributed by atoms with Crippen LogP contribution in [-0.4, -0.2) is 36.6 Å². The number of rotatable bonds is 7. The topological polar surface area (TPSA) is 28.2 Å². The van der Waals surface area contributed by atoms with E-state index >= 15 is 0 Å². The van der Waals surface area contributed by atoms with Gasteiger partial charge in [-0.25, -0.2) is 0 Å². The summed E-state index contributed by atoms with van der Waals surface area (Å²) >= 11 is 1.89. The summed E-state index contributed by atoms with van der Waals surface area (Å²) in [5, 5.41) is 3.38. The van der Waals surface area contributed by atoms with Crippen molar-refractivity contribution in [3.05, 3.63) is 23.5 Å². The molecule has 1 N–H and O–H groups in total. The highest BCUT2D eigenvalue weighted by atomic mass is 32.2. The van der Waals surface area contributed by atoms with Gasteiger partial charge < -0.3 is 10.2 Å². The minimum absolute atomic E-state index is 0.530. The van der Waals surface area contributed by atoms with Crippen molar-refractivity contribution in [2.45, 2.75) is 33.4 Å². The molecule has 0 amide bonds. The average Bonchev–Trinajstić information content (AvgIpc) is 2.36. The van der Waals surface area contributed by atoms with Crippen LogP contribution in [0.3, 0.4) is 0 Å². The van der Waals surface area contributed by atoms with Crippen LogP contribution >= 0.6 is 11.8 Å². The Labute approximate surface area is 115 Å². The molecular formula is C14H25N3S. The van der Waals surface area contributed by atoms with Gasteiger partial charge in [-0.3, -0.25) is 4.98 Å². The van der Waals surface area contributed by atoms with Gasteiger partial charge in [0.25, 0.3) is 0 Å². The first-order chi connectivity index (χ1) is 8.60. The predicted octanol–water partition coefficient (Wildman–Crippen LogP) is 2.69. The number of anilines is 1. The maximum atomic E-state index is 4.41. The van der Waals surface area contributed by atoms with E-state index in [4.69, 9.17) is 0 Å². The molecular weight excluding hydrogens is 242 g/mol. The summed E-state index contributed by atoms with van der Waals surface area (Å²) in [5.74, 6) is 1.14. The van der Waals surface area contributed by atoms with Gasteiger partial charge in [-0.15, -0.1) is 0 Å². The van der Waals surface area contributed by atoms with Crippen molar-refractivity contribution >= 4 is 17.4 Å². The van der Waals surface area contributed by atoms with Crippen molar-refractivity contribution in [2.75, 3.05) is 30.5 Å². The second-order valence-electron chi connectivity index (χ2n) is 4.65. The van der Waals surface area contributed by atoms with E-state index < -0.39 is 0 Å². The zero-order valence-corrected chi connectivity index (χ0v) is 13.0. The van der Waals surface area contributed by atoms with Crippen LogP contribution in [0.4, 0.5) is 5.69 Å². The molecule has 0 fully saturated rings. The normalized spacial score (nSPS) is 12.5. The van der Waals surface area contributed by atoms with Gasteiger partial charge in [0.15, 0.2) is 0 Å². The Balaban J connectivity index is 2.92. The molecule has 1 aromatic rings. The minimum atomic E-state index is 0.530. The molecule has 102 valence electrons. The lowest BCUT2D eigenvalue weighted by Crippen LogP contribution is -2.32. The molecule has 1 unspecified atom stereocenters. The Morgan fingerprint density at radius 1 is 1.50 bits per heavy atom. The fraction of sp³-hybridized carbons (Fsp3) is 0.643. The molecule has 0 aromatic carbocycles. The van der Waals surface area contributed by atoms with Gasteiger partial charge in [0.1, 0.15) is 0 Å². The number of thioether (sulfide) groups is 1. The zero-order valence-electron chi connectivity index (χ0n) is 12.2. The van der Waals surface area contributed by atoms with E-state index in [-0.39, 0.29) is 0 Å². The first kappa shape index (κ1) is 15.3. The summed E-state index contributed by atoms with van der Waals surface area (Å²) in [6.45, 7) is 8.31. The first-order valence-electron chi connectivity index (χ1n) is 6.48. The lowest BCUT2D eigenvalue weighted by Gasteiger charge is -2.29. The standard InChI is InChI=1S/C14H25N3S/c1-6-15-8-13-9-16-11(2)7-14(13)17(4)12(3)10-18-5/h7,9,12,15H,6,8,10H2,1-5H3. The smallest absolute Gasteiger partial charge is 0.0445 e. The largest absolute Gasteiger partial charge is 0.371 e. The third kappa shape index (κ3) is 4.18. The summed E-state index contributed by atoms with van der Waals surface area (Å²) in [6, 6.07) is 2.71. The van der Waals surface area contributed by atoms with Gasteiger partial charge in [0, 0.05) is 48.5 Å². The van der Waals surface area contributed by atoms with E-state index in [1.165, 1.54) is 11.3 Å². The van der Waals surface area contributed by atoms with Crippen molar-refractivity contribution in [1.29, 1.82) is 0 Å². The van der Waals surface area contributed by atoms with Gasteiger partial charge in [-0.1, -0.05) is 6.92 Å². The van der Waals surface area contributed by atoms with Crippen molar-refractivity contribution < 1.29 is 0 Å². The number of hydrogen-bond donors (Lipinski definition) is 1. The highest BCUT2D eigenvalue weighted by molar-refractivity contribution is 7.98. The molecule has 0 aliphatic rings.